The Morgan fingerprint density at radius 3 is 2.65 bits per heavy atom. The van der Waals surface area contributed by atoms with Crippen LogP contribution in [0.4, 0.5) is 0 Å². The molecule has 3 fully saturated rings. The Kier molecular flexibility index (Phi) is 9.58. The maximum Gasteiger partial charge on any atom is 0.316 e. The quantitative estimate of drug-likeness (QED) is 0.334. The molecule has 0 radical (unpaired) electrons. The van der Waals surface area contributed by atoms with Crippen LogP contribution in [-0.2, 0) is 28.5 Å². The smallest absolute Gasteiger partial charge is 0.316 e. The average Bonchev–Trinajstić information content (AvgIpc) is 3.29. The van der Waals surface area contributed by atoms with E-state index in [9.17, 15) is 15.0 Å². The summed E-state index contributed by atoms with van der Waals surface area (Å²) in [7, 11) is 1.59. The SMILES string of the molecule is C/C=C(\C)[C@H]1O[C@@]2(C[C@@H]3C[C@@H](C/C=C(\C)C[C@@H](C)/C=C/C=C4\CO[C@@H]5[C@H](OC)C(C)=CC(C(=O)O3)[C@]45O)O2)[C@H](O)C[C@@H]1C. The van der Waals surface area contributed by atoms with E-state index in [2.05, 4.69) is 32.9 Å². The van der Waals surface area contributed by atoms with Crippen LogP contribution in [0, 0.1) is 17.8 Å². The van der Waals surface area contributed by atoms with Gasteiger partial charge >= 0.3 is 5.97 Å². The first-order valence-electron chi connectivity index (χ1n) is 15.9. The van der Waals surface area contributed by atoms with Crippen LogP contribution in [0.1, 0.15) is 73.6 Å². The van der Waals surface area contributed by atoms with Gasteiger partial charge in [-0.3, -0.25) is 4.79 Å². The largest absolute Gasteiger partial charge is 0.462 e. The Balaban J connectivity index is 1.54. The highest BCUT2D eigenvalue weighted by Gasteiger charge is 2.61. The van der Waals surface area contributed by atoms with Crippen LogP contribution in [0.25, 0.3) is 0 Å². The zero-order valence-corrected chi connectivity index (χ0v) is 26.7. The van der Waals surface area contributed by atoms with E-state index in [1.807, 2.05) is 39.0 Å². The zero-order chi connectivity index (χ0) is 31.1. The van der Waals surface area contributed by atoms with Crippen LogP contribution in [-0.4, -0.2) is 77.9 Å². The maximum atomic E-state index is 14.1. The van der Waals surface area contributed by atoms with Gasteiger partial charge in [0.1, 0.15) is 35.9 Å². The van der Waals surface area contributed by atoms with E-state index in [1.165, 1.54) is 5.57 Å². The molecule has 4 heterocycles. The van der Waals surface area contributed by atoms with Crippen molar-refractivity contribution in [2.75, 3.05) is 13.7 Å². The van der Waals surface area contributed by atoms with Crippen LogP contribution in [0.5, 0.6) is 0 Å². The molecule has 1 spiro atoms. The van der Waals surface area contributed by atoms with Gasteiger partial charge in [0.15, 0.2) is 5.79 Å². The molecule has 1 unspecified atom stereocenters. The molecular formula is C35H50O8. The van der Waals surface area contributed by atoms with E-state index < -0.39 is 47.7 Å². The van der Waals surface area contributed by atoms with Crippen LogP contribution in [0.15, 0.2) is 58.7 Å². The highest BCUT2D eigenvalue weighted by atomic mass is 16.7. The molecule has 43 heavy (non-hydrogen) atoms. The molecule has 5 aliphatic rings. The second-order valence-corrected chi connectivity index (χ2v) is 13.5. The third-order valence-electron chi connectivity index (χ3n) is 10.1. The number of aliphatic hydroxyl groups excluding tert-OH is 1. The van der Waals surface area contributed by atoms with Crippen LogP contribution < -0.4 is 0 Å². The molecule has 1 aliphatic carbocycles. The van der Waals surface area contributed by atoms with Gasteiger partial charge in [-0.1, -0.05) is 55.9 Å². The lowest BCUT2D eigenvalue weighted by Gasteiger charge is -2.52. The summed E-state index contributed by atoms with van der Waals surface area (Å²) in [6, 6.07) is 0. The molecule has 0 aromatic heterocycles. The first-order valence-corrected chi connectivity index (χ1v) is 15.9. The van der Waals surface area contributed by atoms with Gasteiger partial charge in [0.25, 0.3) is 0 Å². The molecule has 8 heteroatoms. The lowest BCUT2D eigenvalue weighted by molar-refractivity contribution is -0.363. The molecular weight excluding hydrogens is 548 g/mol. The number of aliphatic hydroxyl groups is 2. The molecule has 0 aromatic rings. The van der Waals surface area contributed by atoms with Crippen molar-refractivity contribution in [3.63, 3.8) is 0 Å². The van der Waals surface area contributed by atoms with Gasteiger partial charge in [-0.25, -0.2) is 0 Å². The molecule has 238 valence electrons. The van der Waals surface area contributed by atoms with Crippen molar-refractivity contribution in [3.05, 3.63) is 58.7 Å². The zero-order valence-electron chi connectivity index (χ0n) is 26.7. The third-order valence-corrected chi connectivity index (χ3v) is 10.1. The standard InChI is InChI=1S/C35H50O8/c1-8-22(4)30-24(6)16-29(36)34(43-30)18-27-17-26(42-34)13-12-21(3)14-20(2)10-9-11-25-19-40-32-31(39-7)23(5)15-28(33(37)41-27)35(25,32)38/h8-12,15,20,24,26-32,36,38H,13-14,16-19H2,1-7H3/b10-9+,21-12+,22-8+,25-11+/t20-,24-,26+,27-,28?,29+,30+,31+,32+,34-,35+/m0/s1. The van der Waals surface area contributed by atoms with Crippen molar-refractivity contribution in [3.8, 4) is 0 Å². The van der Waals surface area contributed by atoms with Crippen LogP contribution >= 0.6 is 0 Å². The Labute approximate surface area is 256 Å². The van der Waals surface area contributed by atoms with Crippen molar-refractivity contribution < 1.29 is 38.7 Å². The van der Waals surface area contributed by atoms with Crippen molar-refractivity contribution in [2.45, 2.75) is 122 Å². The van der Waals surface area contributed by atoms with E-state index in [-0.39, 0.29) is 37.1 Å². The molecule has 8 nitrogen and oxygen atoms in total. The number of rotatable bonds is 2. The molecule has 5 rings (SSSR count). The number of hydrogen-bond donors (Lipinski definition) is 2. The summed E-state index contributed by atoms with van der Waals surface area (Å²) in [5.41, 5.74) is 2.12. The minimum absolute atomic E-state index is 0.104. The number of carbonyl (C=O) groups is 1. The predicted octanol–water partition coefficient (Wildman–Crippen LogP) is 5.11. The number of hydrogen-bond acceptors (Lipinski definition) is 8. The summed E-state index contributed by atoms with van der Waals surface area (Å²) in [6.45, 7) is 12.4. The molecule has 11 atom stereocenters. The lowest BCUT2D eigenvalue weighted by atomic mass is 9.70. The van der Waals surface area contributed by atoms with E-state index in [0.717, 1.165) is 17.6 Å². The number of fused-ring (bicyclic) bond motifs is 2. The summed E-state index contributed by atoms with van der Waals surface area (Å²) in [4.78, 5) is 14.1. The van der Waals surface area contributed by atoms with Crippen LogP contribution in [0.3, 0.4) is 0 Å². The van der Waals surface area contributed by atoms with E-state index in [4.69, 9.17) is 23.7 Å². The van der Waals surface area contributed by atoms with Gasteiger partial charge in [0.2, 0.25) is 0 Å². The average molecular weight is 599 g/mol. The minimum Gasteiger partial charge on any atom is -0.462 e. The predicted molar refractivity (Wildman–Crippen MR) is 163 cm³/mol. The normalized spacial score (nSPS) is 47.5. The number of carbonyl (C=O) groups excluding carboxylic acids is 1. The van der Waals surface area contributed by atoms with Gasteiger partial charge in [-0.15, -0.1) is 0 Å². The molecule has 4 aliphatic heterocycles. The van der Waals surface area contributed by atoms with Crippen molar-refractivity contribution >= 4 is 5.97 Å². The molecule has 2 N–H and O–H groups in total. The van der Waals surface area contributed by atoms with Crippen molar-refractivity contribution in [1.29, 1.82) is 0 Å². The fourth-order valence-electron chi connectivity index (χ4n) is 7.72. The van der Waals surface area contributed by atoms with Crippen molar-refractivity contribution in [2.24, 2.45) is 17.8 Å². The van der Waals surface area contributed by atoms with Gasteiger partial charge < -0.3 is 33.9 Å². The topological polar surface area (TPSA) is 104 Å². The number of esters is 1. The number of methoxy groups -OCH3 is 1. The highest BCUT2D eigenvalue weighted by molar-refractivity contribution is 5.78. The maximum absolute atomic E-state index is 14.1. The highest BCUT2D eigenvalue weighted by Crippen LogP contribution is 2.48. The number of allylic oxidation sites excluding steroid dienone is 5. The summed E-state index contributed by atoms with van der Waals surface area (Å²) in [5.74, 6) is -2.46. The molecule has 2 bridgehead atoms. The molecule has 3 saturated heterocycles. The van der Waals surface area contributed by atoms with Gasteiger partial charge in [0.05, 0.1) is 18.8 Å². The van der Waals surface area contributed by atoms with Crippen molar-refractivity contribution in [1.82, 2.24) is 0 Å². The summed E-state index contributed by atoms with van der Waals surface area (Å²) in [5, 5.41) is 23.8. The van der Waals surface area contributed by atoms with E-state index in [0.29, 0.717) is 24.8 Å². The van der Waals surface area contributed by atoms with E-state index in [1.54, 1.807) is 13.2 Å². The fourth-order valence-corrected chi connectivity index (χ4v) is 7.72. The summed E-state index contributed by atoms with van der Waals surface area (Å²) in [6.07, 6.45) is 11.4. The van der Waals surface area contributed by atoms with E-state index >= 15 is 0 Å². The summed E-state index contributed by atoms with van der Waals surface area (Å²) >= 11 is 0. The molecule has 0 amide bonds. The Morgan fingerprint density at radius 1 is 1.16 bits per heavy atom. The third kappa shape index (κ3) is 6.11. The van der Waals surface area contributed by atoms with Gasteiger partial charge in [-0.2, -0.15) is 0 Å². The first-order chi connectivity index (χ1) is 20.4. The van der Waals surface area contributed by atoms with Gasteiger partial charge in [0, 0.05) is 20.0 Å². The Bertz CT molecular complexity index is 1210. The Morgan fingerprint density at radius 2 is 1.93 bits per heavy atom. The fraction of sp³-hybridized carbons (Fsp3) is 0.686. The van der Waals surface area contributed by atoms with Crippen LogP contribution in [0.2, 0.25) is 0 Å². The monoisotopic (exact) mass is 598 g/mol. The Hall–Kier alpha value is -2.07. The molecule has 0 saturated carbocycles. The second-order valence-electron chi connectivity index (χ2n) is 13.5. The first kappa shape index (κ1) is 32.3. The van der Waals surface area contributed by atoms with Gasteiger partial charge in [-0.05, 0) is 75.5 Å². The lowest BCUT2D eigenvalue weighted by Crippen LogP contribution is -2.62. The summed E-state index contributed by atoms with van der Waals surface area (Å²) < 4.78 is 31.4. The second kappa shape index (κ2) is 12.7. The molecule has 0 aromatic carbocycles. The minimum atomic E-state index is -1.62. The number of ether oxygens (including phenoxy) is 5.